The van der Waals surface area contributed by atoms with Gasteiger partial charge in [0.25, 0.3) is 5.91 Å². The van der Waals surface area contributed by atoms with Gasteiger partial charge in [0.15, 0.2) is 6.04 Å². The molecule has 0 aromatic heterocycles. The first kappa shape index (κ1) is 20.4. The summed E-state index contributed by atoms with van der Waals surface area (Å²) in [6, 6.07) is 12.1. The molecule has 0 spiro atoms. The second-order valence-corrected chi connectivity index (χ2v) is 9.03. The number of aryl methyl sites for hydroxylation is 1. The van der Waals surface area contributed by atoms with Crippen molar-refractivity contribution in [3.8, 4) is 0 Å². The molecule has 2 aromatic carbocycles. The topological polar surface area (TPSA) is 70.9 Å². The number of carbonyl (C=O) groups excluding carboxylic acids is 1. The van der Waals surface area contributed by atoms with Crippen molar-refractivity contribution in [1.82, 2.24) is 4.31 Å². The van der Waals surface area contributed by atoms with Crippen molar-refractivity contribution in [1.29, 1.82) is 0 Å². The van der Waals surface area contributed by atoms with Crippen molar-refractivity contribution in [3.05, 3.63) is 59.9 Å². The van der Waals surface area contributed by atoms with E-state index >= 15 is 0 Å². The molecule has 2 N–H and O–H groups in total. The van der Waals surface area contributed by atoms with E-state index in [2.05, 4.69) is 5.32 Å². The quantitative estimate of drug-likeness (QED) is 0.780. The fraction of sp³-hybridized carbons (Fsp3) is 0.350. The lowest BCUT2D eigenvalue weighted by atomic mass is 10.2. The SMILES string of the molecule is Cc1ccc(S(=O)(=O)N2CC[NH+]([C@H](C)C(=O)Nc3ccc(F)cc3)CC2)cc1. The van der Waals surface area contributed by atoms with Crippen LogP contribution in [0.25, 0.3) is 0 Å². The second kappa shape index (κ2) is 8.38. The van der Waals surface area contributed by atoms with Crippen molar-refractivity contribution in [2.45, 2.75) is 24.8 Å². The molecule has 150 valence electrons. The zero-order valence-corrected chi connectivity index (χ0v) is 16.8. The smallest absolute Gasteiger partial charge is 0.282 e. The van der Waals surface area contributed by atoms with Gasteiger partial charge in [-0.15, -0.1) is 0 Å². The van der Waals surface area contributed by atoms with E-state index in [9.17, 15) is 17.6 Å². The second-order valence-electron chi connectivity index (χ2n) is 7.09. The number of nitrogens with zero attached hydrogens (tertiary/aromatic N) is 1. The number of sulfonamides is 1. The Morgan fingerprint density at radius 1 is 1.07 bits per heavy atom. The Morgan fingerprint density at radius 2 is 1.64 bits per heavy atom. The summed E-state index contributed by atoms with van der Waals surface area (Å²) in [6.45, 7) is 5.54. The molecule has 0 bridgehead atoms. The van der Waals surface area contributed by atoms with E-state index in [1.807, 2.05) is 13.8 Å². The number of hydrogen-bond acceptors (Lipinski definition) is 3. The standard InChI is InChI=1S/C20H24FN3O3S/c1-15-3-9-19(10-4-15)28(26,27)24-13-11-23(12-14-24)16(2)20(25)22-18-7-5-17(21)6-8-18/h3-10,16H,11-14H2,1-2H3,(H,22,25)/p+1/t16-/m1/s1. The fourth-order valence-corrected chi connectivity index (χ4v) is 4.72. The number of rotatable bonds is 5. The molecule has 1 amide bonds. The van der Waals surface area contributed by atoms with Crippen molar-refractivity contribution >= 4 is 21.6 Å². The number of benzene rings is 2. The number of piperazine rings is 1. The molecule has 0 aliphatic carbocycles. The van der Waals surface area contributed by atoms with E-state index in [-0.39, 0.29) is 17.8 Å². The first-order valence-corrected chi connectivity index (χ1v) is 10.7. The number of carbonyl (C=O) groups is 1. The van der Waals surface area contributed by atoms with Gasteiger partial charge in [-0.3, -0.25) is 4.79 Å². The lowest BCUT2D eigenvalue weighted by Crippen LogP contribution is -3.19. The molecule has 2 aromatic rings. The van der Waals surface area contributed by atoms with Crippen LogP contribution in [0.2, 0.25) is 0 Å². The van der Waals surface area contributed by atoms with E-state index in [4.69, 9.17) is 0 Å². The van der Waals surface area contributed by atoms with Crippen LogP contribution in [0.5, 0.6) is 0 Å². The van der Waals surface area contributed by atoms with Gasteiger partial charge in [-0.05, 0) is 50.2 Å². The summed E-state index contributed by atoms with van der Waals surface area (Å²) in [5, 5.41) is 2.78. The number of halogens is 1. The number of amides is 1. The van der Waals surface area contributed by atoms with Crippen LogP contribution in [0.4, 0.5) is 10.1 Å². The zero-order valence-electron chi connectivity index (χ0n) is 16.0. The van der Waals surface area contributed by atoms with Crippen LogP contribution >= 0.6 is 0 Å². The zero-order chi connectivity index (χ0) is 20.3. The summed E-state index contributed by atoms with van der Waals surface area (Å²) in [5.74, 6) is -0.529. The van der Waals surface area contributed by atoms with Crippen molar-refractivity contribution in [2.24, 2.45) is 0 Å². The normalized spacial score (nSPS) is 17.2. The lowest BCUT2D eigenvalue weighted by Gasteiger charge is -2.34. The van der Waals surface area contributed by atoms with Gasteiger partial charge in [-0.1, -0.05) is 17.7 Å². The summed E-state index contributed by atoms with van der Waals surface area (Å²) in [5.41, 5.74) is 1.55. The Kier molecular flexibility index (Phi) is 6.12. The molecule has 1 aliphatic heterocycles. The van der Waals surface area contributed by atoms with Crippen LogP contribution in [-0.4, -0.2) is 50.9 Å². The van der Waals surface area contributed by atoms with Crippen LogP contribution in [0.15, 0.2) is 53.4 Å². The Morgan fingerprint density at radius 3 is 2.21 bits per heavy atom. The van der Waals surface area contributed by atoms with Gasteiger partial charge >= 0.3 is 0 Å². The molecule has 0 saturated carbocycles. The van der Waals surface area contributed by atoms with Gasteiger partial charge in [0.1, 0.15) is 5.82 Å². The Labute approximate surface area is 165 Å². The van der Waals surface area contributed by atoms with Gasteiger partial charge < -0.3 is 10.2 Å². The molecule has 28 heavy (non-hydrogen) atoms. The first-order valence-electron chi connectivity index (χ1n) is 9.25. The summed E-state index contributed by atoms with van der Waals surface area (Å²) >= 11 is 0. The highest BCUT2D eigenvalue weighted by atomic mass is 32.2. The van der Waals surface area contributed by atoms with Crippen LogP contribution < -0.4 is 10.2 Å². The Bertz CT molecular complexity index is 922. The molecule has 1 fully saturated rings. The molecule has 1 aliphatic rings. The maximum absolute atomic E-state index is 13.0. The highest BCUT2D eigenvalue weighted by molar-refractivity contribution is 7.89. The van der Waals surface area contributed by atoms with Crippen LogP contribution in [-0.2, 0) is 14.8 Å². The molecular formula is C20H25FN3O3S+. The Balaban J connectivity index is 1.58. The van der Waals surface area contributed by atoms with Crippen LogP contribution in [0, 0.1) is 12.7 Å². The van der Waals surface area contributed by atoms with Gasteiger partial charge in [0, 0.05) is 5.69 Å². The van der Waals surface area contributed by atoms with Crippen molar-refractivity contribution in [2.75, 3.05) is 31.5 Å². The fourth-order valence-electron chi connectivity index (χ4n) is 3.28. The summed E-state index contributed by atoms with van der Waals surface area (Å²) < 4.78 is 40.0. The number of quaternary nitrogens is 1. The van der Waals surface area contributed by atoms with Gasteiger partial charge in [-0.25, -0.2) is 12.8 Å². The monoisotopic (exact) mass is 406 g/mol. The minimum Gasteiger partial charge on any atom is -0.323 e. The molecular weight excluding hydrogens is 381 g/mol. The highest BCUT2D eigenvalue weighted by Gasteiger charge is 2.34. The van der Waals surface area contributed by atoms with Crippen LogP contribution in [0.1, 0.15) is 12.5 Å². The highest BCUT2D eigenvalue weighted by Crippen LogP contribution is 2.16. The molecule has 1 saturated heterocycles. The predicted molar refractivity (Wildman–Crippen MR) is 105 cm³/mol. The van der Waals surface area contributed by atoms with E-state index < -0.39 is 10.0 Å². The average Bonchev–Trinajstić information content (AvgIpc) is 2.69. The van der Waals surface area contributed by atoms with E-state index in [1.54, 1.807) is 24.3 Å². The predicted octanol–water partition coefficient (Wildman–Crippen LogP) is 1.05. The molecule has 1 heterocycles. The average molecular weight is 407 g/mol. The largest absolute Gasteiger partial charge is 0.323 e. The third-order valence-corrected chi connectivity index (χ3v) is 7.05. The number of anilines is 1. The summed E-state index contributed by atoms with van der Waals surface area (Å²) in [6.07, 6.45) is 0. The maximum Gasteiger partial charge on any atom is 0.282 e. The van der Waals surface area contributed by atoms with Gasteiger partial charge in [0.2, 0.25) is 10.0 Å². The van der Waals surface area contributed by atoms with E-state index in [0.29, 0.717) is 36.8 Å². The molecule has 0 unspecified atom stereocenters. The van der Waals surface area contributed by atoms with Gasteiger partial charge in [0.05, 0.1) is 31.1 Å². The molecule has 8 heteroatoms. The van der Waals surface area contributed by atoms with E-state index in [1.165, 1.54) is 28.6 Å². The maximum atomic E-state index is 13.0. The third kappa shape index (κ3) is 4.57. The first-order chi connectivity index (χ1) is 13.3. The number of nitrogens with one attached hydrogen (secondary N) is 2. The minimum absolute atomic E-state index is 0.170. The summed E-state index contributed by atoms with van der Waals surface area (Å²) in [4.78, 5) is 13.8. The molecule has 3 rings (SSSR count). The van der Waals surface area contributed by atoms with Gasteiger partial charge in [-0.2, -0.15) is 4.31 Å². The van der Waals surface area contributed by atoms with Crippen molar-refractivity contribution in [3.63, 3.8) is 0 Å². The minimum atomic E-state index is -3.52. The van der Waals surface area contributed by atoms with Crippen molar-refractivity contribution < 1.29 is 22.5 Å². The molecule has 0 radical (unpaired) electrons. The van der Waals surface area contributed by atoms with E-state index in [0.717, 1.165) is 10.5 Å². The van der Waals surface area contributed by atoms with Crippen LogP contribution in [0.3, 0.4) is 0 Å². The molecule has 6 nitrogen and oxygen atoms in total. The molecule has 1 atom stereocenters. The lowest BCUT2D eigenvalue weighted by molar-refractivity contribution is -0.917. The number of hydrogen-bond donors (Lipinski definition) is 2. The Hall–Kier alpha value is -2.29. The summed E-state index contributed by atoms with van der Waals surface area (Å²) in [7, 11) is -3.52. The third-order valence-electron chi connectivity index (χ3n) is 5.14.